The molecule has 0 unspecified atom stereocenters. The van der Waals surface area contributed by atoms with Gasteiger partial charge in [0.2, 0.25) is 0 Å². The van der Waals surface area contributed by atoms with Crippen molar-refractivity contribution in [1.82, 2.24) is 0 Å². The van der Waals surface area contributed by atoms with Gasteiger partial charge in [-0.1, -0.05) is 101 Å². The molecule has 122 valence electrons. The maximum Gasteiger partial charge on any atom is 0.00369 e. The van der Waals surface area contributed by atoms with E-state index in [4.69, 9.17) is 0 Å². The summed E-state index contributed by atoms with van der Waals surface area (Å²) in [7, 11) is 4.21. The van der Waals surface area contributed by atoms with Crippen LogP contribution in [0.1, 0.15) is 91.9 Å². The van der Waals surface area contributed by atoms with E-state index < -0.39 is 0 Å². The first-order valence-electron chi connectivity index (χ1n) is 8.87. The minimum atomic E-state index is 0.889. The lowest BCUT2D eigenvalue weighted by molar-refractivity contribution is 0.525. The lowest BCUT2D eigenvalue weighted by Crippen LogP contribution is -1.88. The summed E-state index contributed by atoms with van der Waals surface area (Å²) in [6.07, 6.45) is 14.3. The maximum atomic E-state index is 2.33. The predicted octanol–water partition coefficient (Wildman–Crippen LogP) is 7.58. The van der Waals surface area contributed by atoms with E-state index in [9.17, 15) is 0 Å². The van der Waals surface area contributed by atoms with E-state index in [1.165, 1.54) is 75.7 Å². The molecular formula is C18H38S2. The summed E-state index contributed by atoms with van der Waals surface area (Å²) in [4.78, 5) is 0. The Bertz CT molecular complexity index is 158. The second-order valence-electron chi connectivity index (χ2n) is 6.84. The topological polar surface area (TPSA) is 0 Å². The molecule has 0 heterocycles. The summed E-state index contributed by atoms with van der Waals surface area (Å²) < 4.78 is 0. The molecule has 2 heteroatoms. The predicted molar refractivity (Wildman–Crippen MR) is 101 cm³/mol. The van der Waals surface area contributed by atoms with Crippen LogP contribution in [0.3, 0.4) is 0 Å². The Morgan fingerprint density at radius 2 is 0.850 bits per heavy atom. The van der Waals surface area contributed by atoms with Gasteiger partial charge in [-0.3, -0.25) is 0 Å². The smallest absolute Gasteiger partial charge is 0.00369 e. The van der Waals surface area contributed by atoms with Gasteiger partial charge in [0.15, 0.2) is 0 Å². The van der Waals surface area contributed by atoms with E-state index in [2.05, 4.69) is 49.3 Å². The van der Waals surface area contributed by atoms with Gasteiger partial charge in [0.05, 0.1) is 0 Å². The Morgan fingerprint density at radius 3 is 1.20 bits per heavy atom. The van der Waals surface area contributed by atoms with Crippen molar-refractivity contribution in [2.24, 2.45) is 11.8 Å². The Kier molecular flexibility index (Phi) is 16.6. The summed E-state index contributed by atoms with van der Waals surface area (Å²) in [6, 6.07) is 0. The summed E-state index contributed by atoms with van der Waals surface area (Å²) in [5, 5.41) is 0. The third-order valence-corrected chi connectivity index (χ3v) is 6.18. The molecule has 0 atom stereocenters. The fraction of sp³-hybridized carbons (Fsp3) is 1.00. The Hall–Kier alpha value is 0.700. The monoisotopic (exact) mass is 318 g/mol. The number of rotatable bonds is 15. The highest BCUT2D eigenvalue weighted by atomic mass is 33.1. The molecular weight excluding hydrogens is 280 g/mol. The van der Waals surface area contributed by atoms with Crippen LogP contribution >= 0.6 is 21.6 Å². The van der Waals surface area contributed by atoms with E-state index in [1.54, 1.807) is 0 Å². The van der Waals surface area contributed by atoms with E-state index >= 15 is 0 Å². The van der Waals surface area contributed by atoms with Gasteiger partial charge in [-0.25, -0.2) is 0 Å². The highest BCUT2D eigenvalue weighted by molar-refractivity contribution is 8.76. The van der Waals surface area contributed by atoms with E-state index in [1.807, 2.05) is 0 Å². The molecule has 0 aliphatic carbocycles. The average molecular weight is 319 g/mol. The molecule has 0 spiro atoms. The third kappa shape index (κ3) is 18.7. The fourth-order valence-electron chi connectivity index (χ4n) is 2.25. The van der Waals surface area contributed by atoms with Gasteiger partial charge in [0, 0.05) is 11.5 Å². The van der Waals surface area contributed by atoms with Crippen LogP contribution in [0.25, 0.3) is 0 Å². The molecule has 0 aromatic rings. The van der Waals surface area contributed by atoms with E-state index in [0.717, 1.165) is 11.8 Å². The first-order chi connectivity index (χ1) is 9.63. The van der Waals surface area contributed by atoms with Crippen LogP contribution in [0.5, 0.6) is 0 Å². The first-order valence-corrected chi connectivity index (χ1v) is 11.4. The maximum absolute atomic E-state index is 2.33. The molecule has 0 nitrogen and oxygen atoms in total. The number of hydrogen-bond donors (Lipinski definition) is 0. The highest BCUT2D eigenvalue weighted by Crippen LogP contribution is 2.25. The molecule has 0 saturated carbocycles. The minimum absolute atomic E-state index is 0.889. The molecule has 0 bridgehead atoms. The van der Waals surface area contributed by atoms with Crippen molar-refractivity contribution >= 4 is 21.6 Å². The van der Waals surface area contributed by atoms with Crippen LogP contribution in [0.4, 0.5) is 0 Å². The molecule has 20 heavy (non-hydrogen) atoms. The number of unbranched alkanes of at least 4 members (excludes halogenated alkanes) is 6. The molecule has 0 aromatic carbocycles. The molecule has 0 aliphatic heterocycles. The molecule has 0 amide bonds. The molecule has 0 aromatic heterocycles. The third-order valence-electron chi connectivity index (χ3n) is 3.60. The van der Waals surface area contributed by atoms with Gasteiger partial charge < -0.3 is 0 Å². The second-order valence-corrected chi connectivity index (χ2v) is 9.54. The molecule has 0 aliphatic rings. The van der Waals surface area contributed by atoms with Crippen LogP contribution in [-0.4, -0.2) is 11.5 Å². The highest BCUT2D eigenvalue weighted by Gasteiger charge is 1.97. The second kappa shape index (κ2) is 16.1. The lowest BCUT2D eigenvalue weighted by Gasteiger charge is -2.05. The van der Waals surface area contributed by atoms with Gasteiger partial charge in [-0.15, -0.1) is 0 Å². The summed E-state index contributed by atoms with van der Waals surface area (Å²) >= 11 is 0. The fourth-order valence-corrected chi connectivity index (χ4v) is 4.55. The van der Waals surface area contributed by atoms with Crippen molar-refractivity contribution < 1.29 is 0 Å². The zero-order valence-corrected chi connectivity index (χ0v) is 16.1. The van der Waals surface area contributed by atoms with E-state index in [0.29, 0.717) is 0 Å². The van der Waals surface area contributed by atoms with Crippen molar-refractivity contribution in [2.45, 2.75) is 91.9 Å². The summed E-state index contributed by atoms with van der Waals surface area (Å²) in [6.45, 7) is 9.31. The molecule has 0 rings (SSSR count). The van der Waals surface area contributed by atoms with Crippen LogP contribution in [0.15, 0.2) is 0 Å². The van der Waals surface area contributed by atoms with Gasteiger partial charge >= 0.3 is 0 Å². The molecule has 0 radical (unpaired) electrons. The zero-order valence-electron chi connectivity index (χ0n) is 14.5. The Balaban J connectivity index is 2.96. The number of hydrogen-bond acceptors (Lipinski definition) is 2. The summed E-state index contributed by atoms with van der Waals surface area (Å²) in [5.41, 5.74) is 0. The van der Waals surface area contributed by atoms with Crippen molar-refractivity contribution in [3.05, 3.63) is 0 Å². The van der Waals surface area contributed by atoms with Gasteiger partial charge in [0.25, 0.3) is 0 Å². The van der Waals surface area contributed by atoms with Crippen LogP contribution in [0, 0.1) is 11.8 Å². The SMILES string of the molecule is CC(C)CCCCCCSSCCCCCCC(C)C. The normalized spacial score (nSPS) is 11.7. The van der Waals surface area contributed by atoms with Crippen molar-refractivity contribution in [3.63, 3.8) is 0 Å². The van der Waals surface area contributed by atoms with Crippen molar-refractivity contribution in [3.8, 4) is 0 Å². The Morgan fingerprint density at radius 1 is 0.500 bits per heavy atom. The molecule has 0 saturated heterocycles. The van der Waals surface area contributed by atoms with Crippen LogP contribution in [-0.2, 0) is 0 Å². The van der Waals surface area contributed by atoms with Gasteiger partial charge in [-0.2, -0.15) is 0 Å². The first kappa shape index (κ1) is 20.7. The summed E-state index contributed by atoms with van der Waals surface area (Å²) in [5.74, 6) is 4.50. The zero-order chi connectivity index (χ0) is 15.1. The van der Waals surface area contributed by atoms with Crippen molar-refractivity contribution in [1.29, 1.82) is 0 Å². The Labute approximate surface area is 137 Å². The molecule has 0 N–H and O–H groups in total. The van der Waals surface area contributed by atoms with Crippen LogP contribution < -0.4 is 0 Å². The van der Waals surface area contributed by atoms with Gasteiger partial charge in [-0.05, 0) is 24.7 Å². The lowest BCUT2D eigenvalue weighted by atomic mass is 10.0. The van der Waals surface area contributed by atoms with E-state index in [-0.39, 0.29) is 0 Å². The van der Waals surface area contributed by atoms with Crippen LogP contribution in [0.2, 0.25) is 0 Å². The van der Waals surface area contributed by atoms with Gasteiger partial charge in [0.1, 0.15) is 0 Å². The quantitative estimate of drug-likeness (QED) is 0.225. The van der Waals surface area contributed by atoms with Crippen molar-refractivity contribution in [2.75, 3.05) is 11.5 Å². The molecule has 0 fully saturated rings. The largest absolute Gasteiger partial charge is 0.0942 e. The standard InChI is InChI=1S/C18H38S2/c1-17(2)13-9-5-7-11-15-19-20-16-12-8-6-10-14-18(3)4/h17-18H,5-16H2,1-4H3. The minimum Gasteiger partial charge on any atom is -0.0942 e. The average Bonchev–Trinajstić information content (AvgIpc) is 2.38.